The molecule has 5 nitrogen and oxygen atoms in total. The van der Waals surface area contributed by atoms with Crippen LogP contribution in [0.2, 0.25) is 0 Å². The molecule has 1 aromatic rings. The Labute approximate surface area is 116 Å². The minimum absolute atomic E-state index is 0.126. The van der Waals surface area contributed by atoms with Crippen molar-refractivity contribution in [3.05, 3.63) is 30.3 Å². The molecule has 1 fully saturated rings. The Kier molecular flexibility index (Phi) is 5.09. The van der Waals surface area contributed by atoms with E-state index in [2.05, 4.69) is 5.32 Å². The molecular formula is C13H16N2O3S. The zero-order valence-corrected chi connectivity index (χ0v) is 11.3. The highest BCUT2D eigenvalue weighted by Gasteiger charge is 2.27. The summed E-state index contributed by atoms with van der Waals surface area (Å²) in [5.41, 5.74) is 0. The van der Waals surface area contributed by atoms with E-state index in [0.29, 0.717) is 13.2 Å². The van der Waals surface area contributed by atoms with E-state index in [9.17, 15) is 9.59 Å². The maximum atomic E-state index is 11.3. The van der Waals surface area contributed by atoms with Crippen molar-refractivity contribution in [3.8, 4) is 5.75 Å². The molecule has 0 aromatic heterocycles. The van der Waals surface area contributed by atoms with Crippen LogP contribution < -0.4 is 10.1 Å². The molecule has 0 unspecified atom stereocenters. The van der Waals surface area contributed by atoms with Crippen molar-refractivity contribution in [2.75, 3.05) is 31.2 Å². The number of ether oxygens (including phenoxy) is 1. The lowest BCUT2D eigenvalue weighted by atomic mass is 10.3. The van der Waals surface area contributed by atoms with E-state index in [1.165, 1.54) is 4.90 Å². The Bertz CT molecular complexity index is 423. The Hall–Kier alpha value is -1.69. The van der Waals surface area contributed by atoms with Gasteiger partial charge in [-0.3, -0.25) is 9.69 Å². The molecule has 1 heterocycles. The molecule has 0 spiro atoms. The van der Waals surface area contributed by atoms with Gasteiger partial charge in [0.1, 0.15) is 5.75 Å². The van der Waals surface area contributed by atoms with Gasteiger partial charge >= 0.3 is 6.03 Å². The van der Waals surface area contributed by atoms with Crippen LogP contribution in [-0.2, 0) is 4.79 Å². The average Bonchev–Trinajstić information content (AvgIpc) is 2.75. The van der Waals surface area contributed by atoms with E-state index in [4.69, 9.17) is 4.74 Å². The maximum Gasteiger partial charge on any atom is 0.324 e. The minimum Gasteiger partial charge on any atom is -0.493 e. The SMILES string of the molecule is O=C1CNC(=O)N1CCSCCOc1ccccc1. The predicted octanol–water partition coefficient (Wildman–Crippen LogP) is 1.35. The van der Waals surface area contributed by atoms with Crippen LogP contribution in [0.5, 0.6) is 5.75 Å². The summed E-state index contributed by atoms with van der Waals surface area (Å²) in [5, 5.41) is 2.50. The van der Waals surface area contributed by atoms with E-state index in [0.717, 1.165) is 17.3 Å². The topological polar surface area (TPSA) is 58.6 Å². The third-order valence-corrected chi connectivity index (χ3v) is 3.56. The summed E-state index contributed by atoms with van der Waals surface area (Å²) < 4.78 is 5.54. The van der Waals surface area contributed by atoms with E-state index in [1.807, 2.05) is 30.3 Å². The third-order valence-electron chi connectivity index (χ3n) is 2.64. The van der Waals surface area contributed by atoms with Crippen molar-refractivity contribution in [2.24, 2.45) is 0 Å². The lowest BCUT2D eigenvalue weighted by Gasteiger charge is -2.11. The summed E-state index contributed by atoms with van der Waals surface area (Å²) in [6, 6.07) is 9.35. The van der Waals surface area contributed by atoms with Gasteiger partial charge in [-0.05, 0) is 12.1 Å². The van der Waals surface area contributed by atoms with Gasteiger partial charge in [-0.2, -0.15) is 11.8 Å². The highest BCUT2D eigenvalue weighted by Crippen LogP contribution is 2.10. The van der Waals surface area contributed by atoms with Crippen molar-refractivity contribution in [1.82, 2.24) is 10.2 Å². The summed E-state index contributed by atoms with van der Waals surface area (Å²) in [7, 11) is 0. The first-order valence-corrected chi connectivity index (χ1v) is 7.26. The highest BCUT2D eigenvalue weighted by atomic mass is 32.2. The molecule has 0 aliphatic carbocycles. The zero-order chi connectivity index (χ0) is 13.5. The Morgan fingerprint density at radius 2 is 2.00 bits per heavy atom. The molecule has 1 aliphatic heterocycles. The smallest absolute Gasteiger partial charge is 0.324 e. The van der Waals surface area contributed by atoms with Gasteiger partial charge in [0.2, 0.25) is 5.91 Å². The molecule has 1 aromatic carbocycles. The van der Waals surface area contributed by atoms with Crippen LogP contribution in [0, 0.1) is 0 Å². The first-order chi connectivity index (χ1) is 9.27. The third kappa shape index (κ3) is 4.17. The average molecular weight is 280 g/mol. The quantitative estimate of drug-likeness (QED) is 0.605. The molecule has 0 saturated carbocycles. The monoisotopic (exact) mass is 280 g/mol. The number of para-hydroxylation sites is 1. The molecule has 102 valence electrons. The number of thioether (sulfide) groups is 1. The summed E-state index contributed by atoms with van der Waals surface area (Å²) in [4.78, 5) is 23.8. The molecule has 1 aliphatic rings. The van der Waals surface area contributed by atoms with Gasteiger partial charge in [0.15, 0.2) is 0 Å². The number of hydrogen-bond acceptors (Lipinski definition) is 4. The predicted molar refractivity (Wildman–Crippen MR) is 74.4 cm³/mol. The molecule has 0 radical (unpaired) electrons. The minimum atomic E-state index is -0.286. The lowest BCUT2D eigenvalue weighted by Crippen LogP contribution is -2.33. The van der Waals surface area contributed by atoms with E-state index in [-0.39, 0.29) is 18.5 Å². The fourth-order valence-electron chi connectivity index (χ4n) is 1.67. The van der Waals surface area contributed by atoms with Gasteiger partial charge in [0, 0.05) is 18.1 Å². The van der Waals surface area contributed by atoms with Crippen LogP contribution in [0.4, 0.5) is 4.79 Å². The summed E-state index contributed by atoms with van der Waals surface area (Å²) in [6.07, 6.45) is 0. The van der Waals surface area contributed by atoms with Gasteiger partial charge in [0.25, 0.3) is 0 Å². The maximum absolute atomic E-state index is 11.3. The summed E-state index contributed by atoms with van der Waals surface area (Å²) in [5.74, 6) is 2.28. The van der Waals surface area contributed by atoms with Crippen molar-refractivity contribution in [1.29, 1.82) is 0 Å². The Balaban J connectivity index is 1.55. The number of imide groups is 1. The van der Waals surface area contributed by atoms with Crippen LogP contribution >= 0.6 is 11.8 Å². The van der Waals surface area contributed by atoms with Gasteiger partial charge in [-0.1, -0.05) is 18.2 Å². The number of rotatable bonds is 7. The van der Waals surface area contributed by atoms with Crippen LogP contribution in [-0.4, -0.2) is 48.0 Å². The molecule has 0 bridgehead atoms. The number of nitrogens with zero attached hydrogens (tertiary/aromatic N) is 1. The number of carbonyl (C=O) groups is 2. The second-order valence-corrected chi connectivity index (χ2v) is 5.20. The lowest BCUT2D eigenvalue weighted by molar-refractivity contribution is -0.124. The van der Waals surface area contributed by atoms with Crippen molar-refractivity contribution in [3.63, 3.8) is 0 Å². The fourth-order valence-corrected chi connectivity index (χ4v) is 2.39. The standard InChI is InChI=1S/C13H16N2O3S/c16-12-10-14-13(17)15(12)6-8-19-9-7-18-11-4-2-1-3-5-11/h1-5H,6-10H2,(H,14,17). The van der Waals surface area contributed by atoms with E-state index in [1.54, 1.807) is 11.8 Å². The Morgan fingerprint density at radius 1 is 1.21 bits per heavy atom. The van der Waals surface area contributed by atoms with Crippen molar-refractivity contribution >= 4 is 23.7 Å². The Morgan fingerprint density at radius 3 is 2.68 bits per heavy atom. The number of carbonyl (C=O) groups excluding carboxylic acids is 2. The molecule has 1 N–H and O–H groups in total. The van der Waals surface area contributed by atoms with Crippen LogP contribution in [0.15, 0.2) is 30.3 Å². The molecule has 19 heavy (non-hydrogen) atoms. The van der Waals surface area contributed by atoms with E-state index < -0.39 is 0 Å². The molecular weight excluding hydrogens is 264 g/mol. The van der Waals surface area contributed by atoms with Gasteiger partial charge in [-0.15, -0.1) is 0 Å². The number of nitrogens with one attached hydrogen (secondary N) is 1. The summed E-state index contributed by atoms with van der Waals surface area (Å²) >= 11 is 1.66. The van der Waals surface area contributed by atoms with Gasteiger partial charge < -0.3 is 10.1 Å². The van der Waals surface area contributed by atoms with Crippen molar-refractivity contribution < 1.29 is 14.3 Å². The van der Waals surface area contributed by atoms with Gasteiger partial charge in [0.05, 0.1) is 13.2 Å². The number of benzene rings is 1. The highest BCUT2D eigenvalue weighted by molar-refractivity contribution is 7.99. The summed E-state index contributed by atoms with van der Waals surface area (Å²) in [6.45, 7) is 1.20. The van der Waals surface area contributed by atoms with Crippen molar-refractivity contribution in [2.45, 2.75) is 0 Å². The van der Waals surface area contributed by atoms with Crippen LogP contribution in [0.3, 0.4) is 0 Å². The molecule has 6 heteroatoms. The van der Waals surface area contributed by atoms with E-state index >= 15 is 0 Å². The fraction of sp³-hybridized carbons (Fsp3) is 0.385. The molecule has 3 amide bonds. The number of hydrogen-bond donors (Lipinski definition) is 1. The van der Waals surface area contributed by atoms with Gasteiger partial charge in [-0.25, -0.2) is 4.79 Å². The number of urea groups is 1. The van der Waals surface area contributed by atoms with Crippen LogP contribution in [0.25, 0.3) is 0 Å². The first-order valence-electron chi connectivity index (χ1n) is 6.11. The second-order valence-electron chi connectivity index (χ2n) is 3.98. The second kappa shape index (κ2) is 7.04. The first kappa shape index (κ1) is 13.7. The normalized spacial score (nSPS) is 14.6. The molecule has 2 rings (SSSR count). The zero-order valence-electron chi connectivity index (χ0n) is 10.5. The largest absolute Gasteiger partial charge is 0.493 e. The van der Waals surface area contributed by atoms with Crippen LogP contribution in [0.1, 0.15) is 0 Å². The number of amides is 3. The molecule has 0 atom stereocenters. The molecule has 1 saturated heterocycles.